The predicted octanol–water partition coefficient (Wildman–Crippen LogP) is 1.95. The number of aryl methyl sites for hydroxylation is 1. The summed E-state index contributed by atoms with van der Waals surface area (Å²) in [5.41, 5.74) is 2.21. The zero-order valence-corrected chi connectivity index (χ0v) is 8.42. The molecule has 1 aromatic heterocycles. The summed E-state index contributed by atoms with van der Waals surface area (Å²) in [5.74, 6) is 0. The third kappa shape index (κ3) is 2.03. The molecule has 0 atom stereocenters. The Hall–Kier alpha value is -1.43. The fourth-order valence-electron chi connectivity index (χ4n) is 0.962. The second-order valence-corrected chi connectivity index (χ2v) is 4.12. The number of nitriles is 1. The highest BCUT2D eigenvalue weighted by Crippen LogP contribution is 2.20. The van der Waals surface area contributed by atoms with Crippen LogP contribution in [0.5, 0.6) is 0 Å². The molecule has 0 unspecified atom stereocenters. The Morgan fingerprint density at radius 3 is 2.31 bits per heavy atom. The molecule has 0 aliphatic heterocycles. The maximum absolute atomic E-state index is 8.66. The third-order valence-corrected chi connectivity index (χ3v) is 1.86. The first-order valence-electron chi connectivity index (χ1n) is 4.20. The Balaban J connectivity index is 3.20. The molecule has 1 heterocycles. The topological polar surface area (TPSA) is 49.6 Å². The maximum atomic E-state index is 8.66. The van der Waals surface area contributed by atoms with Crippen molar-refractivity contribution >= 4 is 0 Å². The van der Waals surface area contributed by atoms with E-state index in [0.29, 0.717) is 5.69 Å². The van der Waals surface area contributed by atoms with Gasteiger partial charge in [0, 0.05) is 5.41 Å². The largest absolute Gasteiger partial charge is 0.191 e. The molecule has 0 N–H and O–H groups in total. The van der Waals surface area contributed by atoms with Crippen molar-refractivity contribution < 1.29 is 0 Å². The Morgan fingerprint density at radius 1 is 1.31 bits per heavy atom. The minimum atomic E-state index is -0.00819. The summed E-state index contributed by atoms with van der Waals surface area (Å²) in [6, 6.07) is 3.92. The summed E-state index contributed by atoms with van der Waals surface area (Å²) < 4.78 is 0. The minimum Gasteiger partial charge on any atom is -0.191 e. The van der Waals surface area contributed by atoms with E-state index in [1.54, 1.807) is 0 Å². The van der Waals surface area contributed by atoms with Gasteiger partial charge in [0.05, 0.1) is 5.69 Å². The van der Waals surface area contributed by atoms with E-state index in [-0.39, 0.29) is 5.41 Å². The zero-order chi connectivity index (χ0) is 10.1. The predicted molar refractivity (Wildman–Crippen MR) is 50.2 cm³/mol. The quantitative estimate of drug-likeness (QED) is 0.605. The van der Waals surface area contributed by atoms with Crippen LogP contribution in [-0.4, -0.2) is 10.2 Å². The molecule has 1 rings (SSSR count). The van der Waals surface area contributed by atoms with Gasteiger partial charge in [-0.2, -0.15) is 10.4 Å². The lowest BCUT2D eigenvalue weighted by Crippen LogP contribution is -2.15. The van der Waals surface area contributed by atoms with Gasteiger partial charge in [0.25, 0.3) is 0 Å². The van der Waals surface area contributed by atoms with Gasteiger partial charge in [-0.15, -0.1) is 5.10 Å². The summed E-state index contributed by atoms with van der Waals surface area (Å²) in [7, 11) is 0. The van der Waals surface area contributed by atoms with E-state index in [1.807, 2.05) is 19.1 Å². The van der Waals surface area contributed by atoms with Crippen molar-refractivity contribution in [3.05, 3.63) is 23.0 Å². The van der Waals surface area contributed by atoms with Crippen LogP contribution >= 0.6 is 0 Å². The van der Waals surface area contributed by atoms with Crippen LogP contribution in [0.2, 0.25) is 0 Å². The molecule has 0 bridgehead atoms. The molecule has 0 spiro atoms. The molecule has 0 radical (unpaired) electrons. The van der Waals surface area contributed by atoms with E-state index in [0.717, 1.165) is 11.3 Å². The van der Waals surface area contributed by atoms with Crippen molar-refractivity contribution in [1.29, 1.82) is 5.26 Å². The Morgan fingerprint density at radius 2 is 1.92 bits per heavy atom. The number of nitrogens with zero attached hydrogens (tertiary/aromatic N) is 3. The van der Waals surface area contributed by atoms with Gasteiger partial charge in [0.1, 0.15) is 6.07 Å². The van der Waals surface area contributed by atoms with Gasteiger partial charge in [-0.1, -0.05) is 20.8 Å². The first-order chi connectivity index (χ1) is 5.95. The van der Waals surface area contributed by atoms with Crippen molar-refractivity contribution in [1.82, 2.24) is 10.2 Å². The van der Waals surface area contributed by atoms with Crippen LogP contribution in [-0.2, 0) is 5.41 Å². The van der Waals surface area contributed by atoms with Crippen molar-refractivity contribution in [2.24, 2.45) is 0 Å². The smallest absolute Gasteiger partial charge is 0.166 e. The van der Waals surface area contributed by atoms with Crippen LogP contribution in [0.4, 0.5) is 0 Å². The highest BCUT2D eigenvalue weighted by Gasteiger charge is 2.16. The second-order valence-electron chi connectivity index (χ2n) is 4.12. The molecule has 3 nitrogen and oxygen atoms in total. The Bertz CT molecular complexity index is 355. The van der Waals surface area contributed by atoms with Crippen molar-refractivity contribution in [2.75, 3.05) is 0 Å². The van der Waals surface area contributed by atoms with Crippen molar-refractivity contribution in [2.45, 2.75) is 33.1 Å². The lowest BCUT2D eigenvalue weighted by atomic mass is 9.91. The monoisotopic (exact) mass is 175 g/mol. The molecule has 0 saturated heterocycles. The third-order valence-electron chi connectivity index (χ3n) is 1.86. The Kier molecular flexibility index (Phi) is 2.33. The van der Waals surface area contributed by atoms with Crippen LogP contribution in [0.25, 0.3) is 0 Å². The highest BCUT2D eigenvalue weighted by atomic mass is 15.1. The number of hydrogen-bond acceptors (Lipinski definition) is 3. The minimum absolute atomic E-state index is 0.00819. The Labute approximate surface area is 78.4 Å². The van der Waals surface area contributed by atoms with Crippen LogP contribution in [0, 0.1) is 18.3 Å². The van der Waals surface area contributed by atoms with Crippen LogP contribution < -0.4 is 0 Å². The van der Waals surface area contributed by atoms with E-state index < -0.39 is 0 Å². The SMILES string of the molecule is Cc1cc(C(C)(C)C)nnc1C#N. The van der Waals surface area contributed by atoms with E-state index in [9.17, 15) is 0 Å². The number of aromatic nitrogens is 2. The summed E-state index contributed by atoms with van der Waals surface area (Å²) in [4.78, 5) is 0. The molecular formula is C10H13N3. The van der Waals surface area contributed by atoms with Gasteiger partial charge in [-0.25, -0.2) is 0 Å². The van der Waals surface area contributed by atoms with Gasteiger partial charge >= 0.3 is 0 Å². The van der Waals surface area contributed by atoms with E-state index in [1.165, 1.54) is 0 Å². The van der Waals surface area contributed by atoms with Crippen molar-refractivity contribution in [3.8, 4) is 6.07 Å². The van der Waals surface area contributed by atoms with Crippen molar-refractivity contribution in [3.63, 3.8) is 0 Å². The highest BCUT2D eigenvalue weighted by molar-refractivity contribution is 5.31. The number of rotatable bonds is 0. The first-order valence-corrected chi connectivity index (χ1v) is 4.20. The van der Waals surface area contributed by atoms with Crippen LogP contribution in [0.15, 0.2) is 6.07 Å². The van der Waals surface area contributed by atoms with E-state index >= 15 is 0 Å². The standard InChI is InChI=1S/C10H13N3/c1-7-5-9(10(2,3)4)13-12-8(7)6-11/h5H,1-4H3. The molecule has 0 saturated carbocycles. The fourth-order valence-corrected chi connectivity index (χ4v) is 0.962. The zero-order valence-electron chi connectivity index (χ0n) is 8.42. The molecule has 13 heavy (non-hydrogen) atoms. The molecule has 0 aliphatic rings. The second kappa shape index (κ2) is 3.14. The normalized spacial score (nSPS) is 11.0. The van der Waals surface area contributed by atoms with Gasteiger partial charge in [-0.3, -0.25) is 0 Å². The van der Waals surface area contributed by atoms with Gasteiger partial charge in [0.15, 0.2) is 5.69 Å². The molecular weight excluding hydrogens is 162 g/mol. The molecule has 0 fully saturated rings. The van der Waals surface area contributed by atoms with Crippen LogP contribution in [0.3, 0.4) is 0 Å². The fraction of sp³-hybridized carbons (Fsp3) is 0.500. The average molecular weight is 175 g/mol. The molecule has 0 amide bonds. The average Bonchev–Trinajstić information content (AvgIpc) is 2.02. The molecule has 3 heteroatoms. The maximum Gasteiger partial charge on any atom is 0.166 e. The van der Waals surface area contributed by atoms with Gasteiger partial charge in [-0.05, 0) is 18.6 Å². The van der Waals surface area contributed by atoms with E-state index in [2.05, 4.69) is 31.0 Å². The number of hydrogen-bond donors (Lipinski definition) is 0. The van der Waals surface area contributed by atoms with E-state index in [4.69, 9.17) is 5.26 Å². The molecule has 0 aliphatic carbocycles. The lowest BCUT2D eigenvalue weighted by molar-refractivity contribution is 0.557. The van der Waals surface area contributed by atoms with Gasteiger partial charge in [0.2, 0.25) is 0 Å². The van der Waals surface area contributed by atoms with Crippen LogP contribution in [0.1, 0.15) is 37.7 Å². The summed E-state index contributed by atoms with van der Waals surface area (Å²) >= 11 is 0. The summed E-state index contributed by atoms with van der Waals surface area (Å²) in [6.07, 6.45) is 0. The lowest BCUT2D eigenvalue weighted by Gasteiger charge is -2.16. The molecule has 68 valence electrons. The summed E-state index contributed by atoms with van der Waals surface area (Å²) in [5, 5.41) is 16.5. The molecule has 0 aromatic carbocycles. The van der Waals surface area contributed by atoms with Gasteiger partial charge < -0.3 is 0 Å². The summed E-state index contributed by atoms with van der Waals surface area (Å²) in [6.45, 7) is 8.09. The molecule has 1 aromatic rings. The first kappa shape index (κ1) is 9.66.